The van der Waals surface area contributed by atoms with E-state index < -0.39 is 0 Å². The summed E-state index contributed by atoms with van der Waals surface area (Å²) in [6.45, 7) is 9.80. The van der Waals surface area contributed by atoms with Crippen LogP contribution in [0.2, 0.25) is 0 Å². The van der Waals surface area contributed by atoms with Gasteiger partial charge >= 0.3 is 0 Å². The van der Waals surface area contributed by atoms with Crippen molar-refractivity contribution in [2.24, 2.45) is 0 Å². The highest BCUT2D eigenvalue weighted by atomic mass is 16.2. The number of amides is 1. The van der Waals surface area contributed by atoms with Crippen LogP contribution in [0, 0.1) is 13.8 Å². The Hall–Kier alpha value is -2.69. The number of imidazole rings is 1. The molecular formula is C22H28N4O. The minimum Gasteiger partial charge on any atom is -0.342 e. The number of aromatic nitrogens is 3. The van der Waals surface area contributed by atoms with Crippen molar-refractivity contribution in [2.45, 2.75) is 47.0 Å². The smallest absolute Gasteiger partial charge is 0.228 e. The number of carbonyl (C=O) groups is 1. The van der Waals surface area contributed by atoms with E-state index >= 15 is 0 Å². The van der Waals surface area contributed by atoms with Crippen molar-refractivity contribution in [3.05, 3.63) is 53.3 Å². The molecule has 3 aromatic rings. The minimum atomic E-state index is 0.136. The lowest BCUT2D eigenvalue weighted by Crippen LogP contribution is -2.34. The summed E-state index contributed by atoms with van der Waals surface area (Å²) in [5.41, 5.74) is 5.60. The first-order valence-electron chi connectivity index (χ1n) is 9.73. The van der Waals surface area contributed by atoms with Crippen LogP contribution in [0.25, 0.3) is 16.9 Å². The lowest BCUT2D eigenvalue weighted by atomic mass is 10.1. The minimum absolute atomic E-state index is 0.136. The van der Waals surface area contributed by atoms with Crippen LogP contribution in [0.5, 0.6) is 0 Å². The maximum absolute atomic E-state index is 13.0. The van der Waals surface area contributed by atoms with Gasteiger partial charge in [-0.25, -0.2) is 9.50 Å². The first-order chi connectivity index (χ1) is 13.0. The molecule has 1 aromatic carbocycles. The van der Waals surface area contributed by atoms with Gasteiger partial charge in [0, 0.05) is 18.7 Å². The Balaban J connectivity index is 2.06. The molecule has 142 valence electrons. The predicted octanol–water partition coefficient (Wildman–Crippen LogP) is 4.20. The fraction of sp³-hybridized carbons (Fsp3) is 0.409. The number of benzene rings is 1. The van der Waals surface area contributed by atoms with Gasteiger partial charge in [0.1, 0.15) is 0 Å². The van der Waals surface area contributed by atoms with Crippen molar-refractivity contribution in [1.82, 2.24) is 19.5 Å². The van der Waals surface area contributed by atoms with Crippen LogP contribution >= 0.6 is 0 Å². The number of nitrogens with zero attached hydrogens (tertiary/aromatic N) is 4. The molecular weight excluding hydrogens is 336 g/mol. The molecule has 0 aliphatic carbocycles. The Morgan fingerprint density at radius 1 is 1.00 bits per heavy atom. The van der Waals surface area contributed by atoms with Gasteiger partial charge in [0.15, 0.2) is 5.65 Å². The maximum Gasteiger partial charge on any atom is 0.228 e. The highest BCUT2D eigenvalue weighted by Crippen LogP contribution is 2.25. The van der Waals surface area contributed by atoms with Gasteiger partial charge in [-0.3, -0.25) is 4.79 Å². The van der Waals surface area contributed by atoms with Gasteiger partial charge < -0.3 is 4.90 Å². The molecule has 5 heteroatoms. The van der Waals surface area contributed by atoms with Crippen molar-refractivity contribution in [3.8, 4) is 11.3 Å². The Bertz CT molecular complexity index is 921. The highest BCUT2D eigenvalue weighted by molar-refractivity contribution is 5.81. The second-order valence-corrected chi connectivity index (χ2v) is 7.08. The van der Waals surface area contributed by atoms with E-state index in [1.54, 1.807) is 0 Å². The zero-order valence-electron chi connectivity index (χ0n) is 16.7. The molecule has 0 aliphatic heterocycles. The molecule has 0 radical (unpaired) electrons. The molecule has 0 aliphatic rings. The number of hydrogen-bond acceptors (Lipinski definition) is 3. The first-order valence-corrected chi connectivity index (χ1v) is 9.73. The molecule has 0 atom stereocenters. The second kappa shape index (κ2) is 8.33. The van der Waals surface area contributed by atoms with E-state index in [2.05, 4.69) is 50.1 Å². The molecule has 0 bridgehead atoms. The first kappa shape index (κ1) is 19.1. The van der Waals surface area contributed by atoms with Crippen LogP contribution in [-0.2, 0) is 11.2 Å². The monoisotopic (exact) mass is 364 g/mol. The van der Waals surface area contributed by atoms with Crippen molar-refractivity contribution in [1.29, 1.82) is 0 Å². The average molecular weight is 364 g/mol. The van der Waals surface area contributed by atoms with E-state index in [9.17, 15) is 4.79 Å². The van der Waals surface area contributed by atoms with Gasteiger partial charge in [-0.2, -0.15) is 5.10 Å². The molecule has 2 aromatic heterocycles. The van der Waals surface area contributed by atoms with Crippen LogP contribution in [0.3, 0.4) is 0 Å². The second-order valence-electron chi connectivity index (χ2n) is 7.08. The topological polar surface area (TPSA) is 50.5 Å². The number of carbonyl (C=O) groups excluding carboxylic acids is 1. The SMILES string of the molecule is CCCN(CCC)C(=O)Cc1c(-c2ccc(C)cc2)nc2ccc(C)nn12. The largest absolute Gasteiger partial charge is 0.342 e. The molecule has 0 N–H and O–H groups in total. The van der Waals surface area contributed by atoms with Gasteiger partial charge in [0.05, 0.1) is 23.5 Å². The standard InChI is InChI=1S/C22H28N4O/c1-5-13-25(14-6-2)21(27)15-19-22(18-10-7-16(3)8-11-18)23-20-12-9-17(4)24-26(19)20/h7-12H,5-6,13-15H2,1-4H3. The van der Waals surface area contributed by atoms with E-state index in [0.29, 0.717) is 6.42 Å². The quantitative estimate of drug-likeness (QED) is 0.631. The summed E-state index contributed by atoms with van der Waals surface area (Å²) < 4.78 is 1.83. The Kier molecular flexibility index (Phi) is 5.89. The molecule has 0 saturated heterocycles. The molecule has 5 nitrogen and oxygen atoms in total. The van der Waals surface area contributed by atoms with Crippen molar-refractivity contribution >= 4 is 11.6 Å². The van der Waals surface area contributed by atoms with Gasteiger partial charge in [0.2, 0.25) is 5.91 Å². The third-order valence-electron chi connectivity index (χ3n) is 4.69. The lowest BCUT2D eigenvalue weighted by Gasteiger charge is -2.21. The third-order valence-corrected chi connectivity index (χ3v) is 4.69. The van der Waals surface area contributed by atoms with Gasteiger partial charge in [0.25, 0.3) is 0 Å². The van der Waals surface area contributed by atoms with Gasteiger partial charge in [-0.15, -0.1) is 0 Å². The van der Waals surface area contributed by atoms with Crippen LogP contribution in [0.4, 0.5) is 0 Å². The third kappa shape index (κ3) is 4.18. The molecule has 0 spiro atoms. The molecule has 0 fully saturated rings. The summed E-state index contributed by atoms with van der Waals surface area (Å²) in [4.78, 5) is 19.8. The average Bonchev–Trinajstić information content (AvgIpc) is 3.00. The number of hydrogen-bond donors (Lipinski definition) is 0. The summed E-state index contributed by atoms with van der Waals surface area (Å²) in [5.74, 6) is 0.136. The molecule has 3 rings (SSSR count). The van der Waals surface area contributed by atoms with Crippen LogP contribution in [-0.4, -0.2) is 38.5 Å². The van der Waals surface area contributed by atoms with E-state index in [1.165, 1.54) is 5.56 Å². The van der Waals surface area contributed by atoms with Crippen molar-refractivity contribution in [2.75, 3.05) is 13.1 Å². The fourth-order valence-electron chi connectivity index (χ4n) is 3.33. The molecule has 1 amide bonds. The number of aryl methyl sites for hydroxylation is 2. The summed E-state index contributed by atoms with van der Waals surface area (Å²) in [6.07, 6.45) is 2.23. The van der Waals surface area contributed by atoms with Crippen molar-refractivity contribution < 1.29 is 4.79 Å². The molecule has 0 saturated carbocycles. The van der Waals surface area contributed by atoms with E-state index in [-0.39, 0.29) is 5.91 Å². The predicted molar refractivity (Wildman–Crippen MR) is 109 cm³/mol. The van der Waals surface area contributed by atoms with Gasteiger partial charge in [-0.05, 0) is 38.8 Å². The molecule has 2 heterocycles. The Morgan fingerprint density at radius 3 is 2.30 bits per heavy atom. The zero-order valence-corrected chi connectivity index (χ0v) is 16.7. The Morgan fingerprint density at radius 2 is 1.67 bits per heavy atom. The fourth-order valence-corrected chi connectivity index (χ4v) is 3.33. The summed E-state index contributed by atoms with van der Waals surface area (Å²) in [5, 5.41) is 4.63. The van der Waals surface area contributed by atoms with E-state index in [4.69, 9.17) is 4.98 Å². The molecule has 27 heavy (non-hydrogen) atoms. The van der Waals surface area contributed by atoms with Crippen LogP contribution in [0.15, 0.2) is 36.4 Å². The summed E-state index contributed by atoms with van der Waals surface area (Å²) >= 11 is 0. The maximum atomic E-state index is 13.0. The highest BCUT2D eigenvalue weighted by Gasteiger charge is 2.21. The van der Waals surface area contributed by atoms with Crippen molar-refractivity contribution in [3.63, 3.8) is 0 Å². The summed E-state index contributed by atoms with van der Waals surface area (Å²) in [7, 11) is 0. The van der Waals surface area contributed by atoms with E-state index in [1.807, 2.05) is 28.5 Å². The molecule has 0 unspecified atom stereocenters. The number of rotatable bonds is 7. The van der Waals surface area contributed by atoms with Gasteiger partial charge in [-0.1, -0.05) is 43.7 Å². The Labute approximate surface area is 161 Å². The van der Waals surface area contributed by atoms with E-state index in [0.717, 1.165) is 54.2 Å². The number of fused-ring (bicyclic) bond motifs is 1. The summed E-state index contributed by atoms with van der Waals surface area (Å²) in [6, 6.07) is 12.2. The van der Waals surface area contributed by atoms with Crippen LogP contribution in [0.1, 0.15) is 43.6 Å². The van der Waals surface area contributed by atoms with Crippen LogP contribution < -0.4 is 0 Å². The normalized spacial score (nSPS) is 11.1. The lowest BCUT2D eigenvalue weighted by molar-refractivity contribution is -0.130. The zero-order chi connectivity index (χ0) is 19.4.